The molecule has 4 nitrogen and oxygen atoms in total. The maximum atomic E-state index is 5.23. The van der Waals surface area contributed by atoms with Gasteiger partial charge in [-0.15, -0.1) is 0 Å². The van der Waals surface area contributed by atoms with Crippen LogP contribution < -0.4 is 0 Å². The van der Waals surface area contributed by atoms with Crippen molar-refractivity contribution in [2.45, 2.75) is 0 Å². The van der Waals surface area contributed by atoms with Crippen LogP contribution in [-0.2, 0) is 0 Å². The van der Waals surface area contributed by atoms with Gasteiger partial charge in [-0.05, 0) is 52.6 Å². The number of hydrogen-bond acceptors (Lipinski definition) is 2. The van der Waals surface area contributed by atoms with Gasteiger partial charge in [0.2, 0.25) is 5.95 Å². The molecule has 0 aliphatic rings. The van der Waals surface area contributed by atoms with Gasteiger partial charge in [0.15, 0.2) is 0 Å². The summed E-state index contributed by atoms with van der Waals surface area (Å²) < 4.78 is 2.21. The van der Waals surface area contributed by atoms with E-state index in [1.165, 1.54) is 26.9 Å². The second-order valence-corrected chi connectivity index (χ2v) is 9.21. The average molecular weight is 461 g/mol. The summed E-state index contributed by atoms with van der Waals surface area (Å²) in [4.78, 5) is 13.8. The molecule has 8 aromatic rings. The second-order valence-electron chi connectivity index (χ2n) is 9.21. The van der Waals surface area contributed by atoms with E-state index in [0.717, 1.165) is 38.7 Å². The Balaban J connectivity index is 1.56. The lowest BCUT2D eigenvalue weighted by Gasteiger charge is -2.12. The molecule has 4 heteroatoms. The molecule has 0 aliphatic carbocycles. The van der Waals surface area contributed by atoms with Crippen molar-refractivity contribution in [2.24, 2.45) is 0 Å². The van der Waals surface area contributed by atoms with Crippen LogP contribution >= 0.6 is 0 Å². The van der Waals surface area contributed by atoms with Gasteiger partial charge in [0.25, 0.3) is 0 Å². The summed E-state index contributed by atoms with van der Waals surface area (Å²) in [6, 6.07) is 38.4. The minimum atomic E-state index is 0.671. The number of hydrogen-bond donors (Lipinski definition) is 1. The molecule has 36 heavy (non-hydrogen) atoms. The molecular weight excluding hydrogens is 440 g/mol. The molecule has 0 radical (unpaired) electrons. The Morgan fingerprint density at radius 3 is 2.11 bits per heavy atom. The molecule has 0 fully saturated rings. The van der Waals surface area contributed by atoms with Crippen molar-refractivity contribution in [2.75, 3.05) is 0 Å². The van der Waals surface area contributed by atoms with Crippen molar-refractivity contribution >= 4 is 54.3 Å². The highest BCUT2D eigenvalue weighted by atomic mass is 15.2. The maximum Gasteiger partial charge on any atom is 0.235 e. The molecule has 0 unspecified atom stereocenters. The lowest BCUT2D eigenvalue weighted by Crippen LogP contribution is -2.04. The third kappa shape index (κ3) is 2.70. The number of H-pyrrole nitrogens is 1. The zero-order valence-corrected chi connectivity index (χ0v) is 19.3. The Labute approximate surface area is 206 Å². The van der Waals surface area contributed by atoms with Crippen LogP contribution in [0.1, 0.15) is 0 Å². The molecule has 0 aliphatic heterocycles. The van der Waals surface area contributed by atoms with Crippen LogP contribution in [0.15, 0.2) is 115 Å². The van der Waals surface area contributed by atoms with Gasteiger partial charge < -0.3 is 4.98 Å². The molecule has 5 aromatic carbocycles. The third-order valence-electron chi connectivity index (χ3n) is 7.17. The molecule has 0 bridgehead atoms. The standard InChI is InChI=1S/C32H20N4/c1-2-10-22-19-29-26(18-21(22)9-1)24-12-5-6-14-28(24)36(29)32-34-30-23-11-4-3-8-20(23)15-16-25(30)31(35-32)27-13-7-17-33-27/h1-19,33H. The van der Waals surface area contributed by atoms with Crippen LogP contribution in [0.5, 0.6) is 0 Å². The zero-order valence-electron chi connectivity index (χ0n) is 19.3. The van der Waals surface area contributed by atoms with E-state index in [4.69, 9.17) is 9.97 Å². The summed E-state index contributed by atoms with van der Waals surface area (Å²) in [5.41, 5.74) is 5.03. The van der Waals surface area contributed by atoms with E-state index in [0.29, 0.717) is 5.95 Å². The number of aromatic nitrogens is 4. The molecule has 8 rings (SSSR count). The van der Waals surface area contributed by atoms with Crippen molar-refractivity contribution in [1.29, 1.82) is 0 Å². The van der Waals surface area contributed by atoms with E-state index in [1.54, 1.807) is 0 Å². The highest BCUT2D eigenvalue weighted by Gasteiger charge is 2.18. The summed E-state index contributed by atoms with van der Waals surface area (Å²) in [6.45, 7) is 0. The summed E-state index contributed by atoms with van der Waals surface area (Å²) in [6.07, 6.45) is 1.94. The fraction of sp³-hybridized carbons (Fsp3) is 0. The first kappa shape index (κ1) is 19.4. The fourth-order valence-electron chi connectivity index (χ4n) is 5.51. The van der Waals surface area contributed by atoms with Gasteiger partial charge in [-0.2, -0.15) is 0 Å². The fourth-order valence-corrected chi connectivity index (χ4v) is 5.51. The van der Waals surface area contributed by atoms with E-state index in [1.807, 2.05) is 12.3 Å². The van der Waals surface area contributed by atoms with Gasteiger partial charge in [-0.25, -0.2) is 9.97 Å². The number of fused-ring (bicyclic) bond motifs is 7. The minimum Gasteiger partial charge on any atom is -0.360 e. The first-order valence-corrected chi connectivity index (χ1v) is 12.1. The van der Waals surface area contributed by atoms with Gasteiger partial charge in [0, 0.05) is 27.7 Å². The van der Waals surface area contributed by atoms with Crippen LogP contribution in [0.4, 0.5) is 0 Å². The lowest BCUT2D eigenvalue weighted by atomic mass is 10.0. The van der Waals surface area contributed by atoms with E-state index in [-0.39, 0.29) is 0 Å². The summed E-state index contributed by atoms with van der Waals surface area (Å²) in [5.74, 6) is 0.671. The van der Waals surface area contributed by atoms with Crippen LogP contribution in [0.3, 0.4) is 0 Å². The summed E-state index contributed by atoms with van der Waals surface area (Å²) in [7, 11) is 0. The van der Waals surface area contributed by atoms with Gasteiger partial charge in [-0.1, -0.05) is 72.8 Å². The number of aromatic amines is 1. The van der Waals surface area contributed by atoms with Crippen molar-refractivity contribution in [3.05, 3.63) is 115 Å². The maximum absolute atomic E-state index is 5.23. The van der Waals surface area contributed by atoms with Crippen molar-refractivity contribution in [3.8, 4) is 17.3 Å². The predicted octanol–water partition coefficient (Wildman–Crippen LogP) is 8.03. The second kappa shape index (κ2) is 7.27. The molecule has 1 N–H and O–H groups in total. The number of nitrogens with zero attached hydrogens (tertiary/aromatic N) is 3. The Kier molecular flexibility index (Phi) is 3.91. The number of rotatable bonds is 2. The van der Waals surface area contributed by atoms with Crippen molar-refractivity contribution in [1.82, 2.24) is 19.5 Å². The predicted molar refractivity (Wildman–Crippen MR) is 149 cm³/mol. The van der Waals surface area contributed by atoms with E-state index in [9.17, 15) is 0 Å². The van der Waals surface area contributed by atoms with E-state index < -0.39 is 0 Å². The van der Waals surface area contributed by atoms with Crippen LogP contribution in [-0.4, -0.2) is 19.5 Å². The molecule has 3 heterocycles. The van der Waals surface area contributed by atoms with Crippen LogP contribution in [0.25, 0.3) is 71.6 Å². The molecule has 0 atom stereocenters. The largest absolute Gasteiger partial charge is 0.360 e. The van der Waals surface area contributed by atoms with Crippen molar-refractivity contribution < 1.29 is 0 Å². The van der Waals surface area contributed by atoms with Gasteiger partial charge in [-0.3, -0.25) is 4.57 Å². The molecule has 0 saturated carbocycles. The SMILES string of the molecule is c1c[nH]c(-c2nc(-n3c4ccccc4c4cc5ccccc5cc43)nc3c2ccc2ccccc23)c1. The molecular formula is C32H20N4. The van der Waals surface area contributed by atoms with E-state index in [2.05, 4.69) is 113 Å². The molecule has 168 valence electrons. The molecule has 3 aromatic heterocycles. The minimum absolute atomic E-state index is 0.671. The Morgan fingerprint density at radius 1 is 0.528 bits per heavy atom. The Bertz CT molecular complexity index is 2100. The lowest BCUT2D eigenvalue weighted by molar-refractivity contribution is 1.01. The zero-order chi connectivity index (χ0) is 23.6. The topological polar surface area (TPSA) is 46.5 Å². The quantitative estimate of drug-likeness (QED) is 0.265. The molecule has 0 amide bonds. The first-order valence-electron chi connectivity index (χ1n) is 12.1. The molecule has 0 saturated heterocycles. The third-order valence-corrected chi connectivity index (χ3v) is 7.17. The van der Waals surface area contributed by atoms with Gasteiger partial charge in [0.05, 0.1) is 27.9 Å². The normalized spacial score (nSPS) is 11.9. The number of para-hydroxylation sites is 1. The van der Waals surface area contributed by atoms with Crippen molar-refractivity contribution in [3.63, 3.8) is 0 Å². The monoisotopic (exact) mass is 460 g/mol. The Morgan fingerprint density at radius 2 is 1.28 bits per heavy atom. The number of benzene rings is 5. The van der Waals surface area contributed by atoms with E-state index >= 15 is 0 Å². The number of nitrogens with one attached hydrogen (secondary N) is 1. The Hall–Kier alpha value is -4.96. The average Bonchev–Trinajstić information content (AvgIpc) is 3.58. The van der Waals surface area contributed by atoms with Crippen LogP contribution in [0, 0.1) is 0 Å². The first-order chi connectivity index (χ1) is 17.8. The highest BCUT2D eigenvalue weighted by Crippen LogP contribution is 2.36. The summed E-state index contributed by atoms with van der Waals surface area (Å²) >= 11 is 0. The van der Waals surface area contributed by atoms with Gasteiger partial charge >= 0.3 is 0 Å². The van der Waals surface area contributed by atoms with Gasteiger partial charge in [0.1, 0.15) is 0 Å². The smallest absolute Gasteiger partial charge is 0.235 e. The highest BCUT2D eigenvalue weighted by molar-refractivity contribution is 6.14. The molecule has 0 spiro atoms. The summed E-state index contributed by atoms with van der Waals surface area (Å²) in [5, 5.41) is 8.15. The van der Waals surface area contributed by atoms with Crippen LogP contribution in [0.2, 0.25) is 0 Å².